The van der Waals surface area contributed by atoms with Gasteiger partial charge in [0, 0.05) is 28.4 Å². The quantitative estimate of drug-likeness (QED) is 0.560. The molecule has 0 atom stereocenters. The largest absolute Gasteiger partial charge is 0.399 e. The molecule has 1 aliphatic rings. The molecule has 1 heterocycles. The second-order valence-electron chi connectivity index (χ2n) is 5.64. The minimum atomic E-state index is 0. The molecule has 2 rings (SSSR count). The molecule has 1 aliphatic heterocycles. The van der Waals surface area contributed by atoms with Gasteiger partial charge in [0.05, 0.1) is 0 Å². The van der Waals surface area contributed by atoms with Crippen molar-refractivity contribution >= 4 is 46.7 Å². The summed E-state index contributed by atoms with van der Waals surface area (Å²) in [5.74, 6) is 1.89. The number of hydrogen-bond donors (Lipinski definition) is 1. The maximum atomic E-state index is 12.5. The molecule has 0 radical (unpaired) electrons. The highest BCUT2D eigenvalue weighted by atomic mass is 35.5. The lowest BCUT2D eigenvalue weighted by atomic mass is 10.1. The smallest absolute Gasteiger partial charge is 0.220 e. The van der Waals surface area contributed by atoms with E-state index in [0.717, 1.165) is 40.6 Å². The number of likely N-dealkylation sites (tertiary alicyclic amines) is 1. The first-order valence-electron chi connectivity index (χ1n) is 8.12. The summed E-state index contributed by atoms with van der Waals surface area (Å²) in [6, 6.07) is 5.64. The summed E-state index contributed by atoms with van der Waals surface area (Å²) in [5.41, 5.74) is 7.40. The van der Waals surface area contributed by atoms with Gasteiger partial charge in [0.2, 0.25) is 5.12 Å². The zero-order chi connectivity index (χ0) is 15.8. The molecule has 1 fully saturated rings. The summed E-state index contributed by atoms with van der Waals surface area (Å²) >= 11 is 3.17. The molecular formula is C17H27ClN2OS2. The summed E-state index contributed by atoms with van der Waals surface area (Å²) in [4.78, 5) is 16.0. The van der Waals surface area contributed by atoms with E-state index in [2.05, 4.69) is 11.8 Å². The van der Waals surface area contributed by atoms with Gasteiger partial charge in [0.15, 0.2) is 0 Å². The van der Waals surface area contributed by atoms with Crippen LogP contribution in [0.15, 0.2) is 23.1 Å². The summed E-state index contributed by atoms with van der Waals surface area (Å²) in [5, 5.41) is 0.176. The third-order valence-electron chi connectivity index (χ3n) is 3.78. The highest BCUT2D eigenvalue weighted by Crippen LogP contribution is 2.28. The molecule has 130 valence electrons. The van der Waals surface area contributed by atoms with Crippen molar-refractivity contribution < 1.29 is 4.79 Å². The third-order valence-corrected chi connectivity index (χ3v) is 5.91. The van der Waals surface area contributed by atoms with E-state index in [-0.39, 0.29) is 17.5 Å². The normalized spacial score (nSPS) is 15.2. The number of thioether (sulfide) groups is 2. The van der Waals surface area contributed by atoms with Crippen LogP contribution in [0.5, 0.6) is 0 Å². The van der Waals surface area contributed by atoms with Crippen molar-refractivity contribution in [2.45, 2.75) is 37.5 Å². The zero-order valence-electron chi connectivity index (χ0n) is 13.8. The molecule has 1 aromatic rings. The van der Waals surface area contributed by atoms with E-state index >= 15 is 0 Å². The Labute approximate surface area is 154 Å². The number of anilines is 1. The van der Waals surface area contributed by atoms with Crippen LogP contribution in [0.25, 0.3) is 0 Å². The van der Waals surface area contributed by atoms with Crippen molar-refractivity contribution in [1.82, 2.24) is 4.90 Å². The van der Waals surface area contributed by atoms with Crippen LogP contribution in [0.4, 0.5) is 5.69 Å². The standard InChI is InChI=1S/C17H26N2OS2.ClH/c1-2-11-21-16-13-14(18)6-7-15(16)17(20)22-12-10-19-8-4-3-5-9-19;/h6-7,13H,2-5,8-12,18H2,1H3;1H. The fourth-order valence-corrected chi connectivity index (χ4v) is 4.46. The summed E-state index contributed by atoms with van der Waals surface area (Å²) in [6.07, 6.45) is 5.05. The van der Waals surface area contributed by atoms with Crippen LogP contribution in [0.3, 0.4) is 0 Å². The lowest BCUT2D eigenvalue weighted by molar-refractivity contribution is 0.108. The zero-order valence-corrected chi connectivity index (χ0v) is 16.2. The average Bonchev–Trinajstić information content (AvgIpc) is 2.54. The molecule has 0 aromatic heterocycles. The molecule has 0 saturated carbocycles. The Morgan fingerprint density at radius 2 is 1.96 bits per heavy atom. The number of nitrogens with zero attached hydrogens (tertiary/aromatic N) is 1. The number of nitrogens with two attached hydrogens (primary N) is 1. The van der Waals surface area contributed by atoms with E-state index in [1.54, 1.807) is 11.8 Å². The van der Waals surface area contributed by atoms with Crippen molar-refractivity contribution in [3.05, 3.63) is 23.8 Å². The molecule has 23 heavy (non-hydrogen) atoms. The second-order valence-corrected chi connectivity index (χ2v) is 7.85. The van der Waals surface area contributed by atoms with Crippen LogP contribution in [0.2, 0.25) is 0 Å². The predicted molar refractivity (Wildman–Crippen MR) is 106 cm³/mol. The lowest BCUT2D eigenvalue weighted by Crippen LogP contribution is -2.31. The monoisotopic (exact) mass is 374 g/mol. The third kappa shape index (κ3) is 6.96. The van der Waals surface area contributed by atoms with E-state index in [9.17, 15) is 4.79 Å². The predicted octanol–water partition coefficient (Wildman–Crippen LogP) is 4.55. The fourth-order valence-electron chi connectivity index (χ4n) is 2.57. The minimum Gasteiger partial charge on any atom is -0.399 e. The Kier molecular flexibility index (Phi) is 10.1. The fraction of sp³-hybridized carbons (Fsp3) is 0.588. The maximum Gasteiger partial charge on any atom is 0.220 e. The van der Waals surface area contributed by atoms with Gasteiger partial charge in [0.25, 0.3) is 0 Å². The Hall–Kier alpha value is -0.360. The summed E-state index contributed by atoms with van der Waals surface area (Å²) in [6.45, 7) is 5.54. The van der Waals surface area contributed by atoms with Gasteiger partial charge in [-0.1, -0.05) is 25.1 Å². The molecular weight excluding hydrogens is 348 g/mol. The van der Waals surface area contributed by atoms with E-state index in [4.69, 9.17) is 5.73 Å². The van der Waals surface area contributed by atoms with Gasteiger partial charge in [-0.2, -0.15) is 0 Å². The molecule has 2 N–H and O–H groups in total. The van der Waals surface area contributed by atoms with Gasteiger partial charge in [0.1, 0.15) is 0 Å². The van der Waals surface area contributed by atoms with Gasteiger partial charge in [-0.15, -0.1) is 24.2 Å². The average molecular weight is 375 g/mol. The SMILES string of the molecule is CCCSc1cc(N)ccc1C(=O)SCCN1CCCCC1.Cl. The van der Waals surface area contributed by atoms with E-state index in [0.29, 0.717) is 0 Å². The van der Waals surface area contributed by atoms with E-state index in [1.807, 2.05) is 18.2 Å². The number of benzene rings is 1. The van der Waals surface area contributed by atoms with Crippen LogP contribution in [0.1, 0.15) is 43.0 Å². The van der Waals surface area contributed by atoms with Crippen molar-refractivity contribution in [3.63, 3.8) is 0 Å². The molecule has 1 aromatic carbocycles. The minimum absolute atomic E-state index is 0. The number of piperidine rings is 1. The molecule has 3 nitrogen and oxygen atoms in total. The molecule has 0 spiro atoms. The van der Waals surface area contributed by atoms with Gasteiger partial charge in [-0.05, 0) is 56.3 Å². The summed E-state index contributed by atoms with van der Waals surface area (Å²) in [7, 11) is 0. The first-order chi connectivity index (χ1) is 10.7. The molecule has 6 heteroatoms. The van der Waals surface area contributed by atoms with Crippen molar-refractivity contribution in [2.75, 3.05) is 36.9 Å². The number of rotatable bonds is 7. The first kappa shape index (κ1) is 20.7. The Bertz CT molecular complexity index is 493. The number of carbonyl (C=O) groups is 1. The van der Waals surface area contributed by atoms with Gasteiger partial charge in [-0.25, -0.2) is 0 Å². The van der Waals surface area contributed by atoms with Crippen molar-refractivity contribution in [3.8, 4) is 0 Å². The van der Waals surface area contributed by atoms with Crippen molar-refractivity contribution in [1.29, 1.82) is 0 Å². The topological polar surface area (TPSA) is 46.3 Å². The number of carbonyl (C=O) groups excluding carboxylic acids is 1. The molecule has 1 saturated heterocycles. The number of halogens is 1. The van der Waals surface area contributed by atoms with Gasteiger partial charge in [-0.3, -0.25) is 4.79 Å². The maximum absolute atomic E-state index is 12.5. The highest BCUT2D eigenvalue weighted by molar-refractivity contribution is 8.14. The Balaban J connectivity index is 0.00000264. The van der Waals surface area contributed by atoms with Crippen LogP contribution in [0, 0.1) is 0 Å². The van der Waals surface area contributed by atoms with Gasteiger partial charge < -0.3 is 10.6 Å². The van der Waals surface area contributed by atoms with E-state index in [1.165, 1.54) is 44.1 Å². The molecule has 0 aliphatic carbocycles. The number of nitrogen functional groups attached to an aromatic ring is 1. The lowest BCUT2D eigenvalue weighted by Gasteiger charge is -2.25. The second kappa shape index (κ2) is 11.2. The first-order valence-corrected chi connectivity index (χ1v) is 10.1. The van der Waals surface area contributed by atoms with Crippen LogP contribution in [-0.2, 0) is 0 Å². The van der Waals surface area contributed by atoms with Crippen LogP contribution < -0.4 is 5.73 Å². The van der Waals surface area contributed by atoms with Crippen molar-refractivity contribution in [2.24, 2.45) is 0 Å². The molecule has 0 bridgehead atoms. The van der Waals surface area contributed by atoms with E-state index < -0.39 is 0 Å². The van der Waals surface area contributed by atoms with Crippen LogP contribution >= 0.6 is 35.9 Å². The van der Waals surface area contributed by atoms with Crippen LogP contribution in [-0.4, -0.2) is 41.2 Å². The Morgan fingerprint density at radius 3 is 2.65 bits per heavy atom. The number of hydrogen-bond acceptors (Lipinski definition) is 5. The highest BCUT2D eigenvalue weighted by Gasteiger charge is 2.14. The van der Waals surface area contributed by atoms with Gasteiger partial charge >= 0.3 is 0 Å². The molecule has 0 unspecified atom stereocenters. The molecule has 0 amide bonds. The Morgan fingerprint density at radius 1 is 1.22 bits per heavy atom. The summed E-state index contributed by atoms with van der Waals surface area (Å²) < 4.78 is 0.